The summed E-state index contributed by atoms with van der Waals surface area (Å²) in [4.78, 5) is 56.2. The summed E-state index contributed by atoms with van der Waals surface area (Å²) in [6, 6.07) is 10.7. The van der Waals surface area contributed by atoms with E-state index < -0.39 is 0 Å². The molecule has 2 aromatic heterocycles. The molecule has 4 aromatic rings. The molecule has 0 fully saturated rings. The summed E-state index contributed by atoms with van der Waals surface area (Å²) in [5.41, 5.74) is 1.93. The maximum absolute atomic E-state index is 13.5. The molecule has 2 aromatic carbocycles. The highest BCUT2D eigenvalue weighted by Gasteiger charge is 2.25. The number of amides is 2. The van der Waals surface area contributed by atoms with Crippen molar-refractivity contribution in [1.29, 1.82) is 0 Å². The number of likely N-dealkylation sites (N-methyl/N-ethyl adjacent to an activating group) is 2. The molecular weight excluding hydrogens is 588 g/mol. The predicted octanol–water partition coefficient (Wildman–Crippen LogP) is 4.48. The van der Waals surface area contributed by atoms with Gasteiger partial charge in [-0.3, -0.25) is 28.5 Å². The fourth-order valence-electron chi connectivity index (χ4n) is 5.33. The minimum Gasteiger partial charge on any atom is -0.497 e. The number of carbonyl (C=O) groups is 4. The second-order valence-electron chi connectivity index (χ2n) is 11.8. The third-order valence-corrected chi connectivity index (χ3v) is 8.11. The fraction of sp³-hybridized carbons (Fsp3) is 0.471. The van der Waals surface area contributed by atoms with Crippen molar-refractivity contribution in [2.24, 2.45) is 11.8 Å². The topological polar surface area (TPSA) is 129 Å². The maximum atomic E-state index is 13.5. The van der Waals surface area contributed by atoms with E-state index in [2.05, 4.69) is 10.2 Å². The molecule has 0 unspecified atom stereocenters. The van der Waals surface area contributed by atoms with Gasteiger partial charge in [0.25, 0.3) is 0 Å². The van der Waals surface area contributed by atoms with Crippen LogP contribution in [0.2, 0.25) is 0 Å². The molecule has 0 spiro atoms. The standard InChI is InChI=1S/C34H44N6O6/c1-9-37(29(41)19-39-27-17-23(45-7)11-13-25(27)31(35-39)33(43)21(3)4)15-16-38(10-2)30(42)20-40-28-18-24(46-8)12-14-26(28)32(36-40)34(44)22(5)6/h11-14,17-18,21-22H,9-10,15-16,19-20H2,1-8H3. The van der Waals surface area contributed by atoms with Crippen molar-refractivity contribution >= 4 is 45.2 Å². The number of aromatic nitrogens is 4. The quantitative estimate of drug-likeness (QED) is 0.176. The van der Waals surface area contributed by atoms with Crippen LogP contribution in [0, 0.1) is 11.8 Å². The zero-order valence-electron chi connectivity index (χ0n) is 28.0. The second-order valence-corrected chi connectivity index (χ2v) is 11.8. The molecule has 0 saturated heterocycles. The van der Waals surface area contributed by atoms with E-state index in [1.807, 2.05) is 41.5 Å². The number of Topliss-reactive ketones (excluding diaryl/α,β-unsaturated/α-hetero) is 2. The summed E-state index contributed by atoms with van der Waals surface area (Å²) >= 11 is 0. The van der Waals surface area contributed by atoms with Crippen LogP contribution in [0.4, 0.5) is 0 Å². The first-order valence-corrected chi connectivity index (χ1v) is 15.7. The molecule has 246 valence electrons. The van der Waals surface area contributed by atoms with Crippen molar-refractivity contribution in [3.63, 3.8) is 0 Å². The van der Waals surface area contributed by atoms with Gasteiger partial charge in [0.05, 0.1) is 25.3 Å². The van der Waals surface area contributed by atoms with Crippen molar-refractivity contribution in [1.82, 2.24) is 29.4 Å². The Morgan fingerprint density at radius 1 is 0.674 bits per heavy atom. The highest BCUT2D eigenvalue weighted by Crippen LogP contribution is 2.27. The number of benzene rings is 2. The largest absolute Gasteiger partial charge is 0.497 e. The van der Waals surface area contributed by atoms with E-state index in [1.165, 1.54) is 0 Å². The lowest BCUT2D eigenvalue weighted by molar-refractivity contribution is -0.135. The van der Waals surface area contributed by atoms with Gasteiger partial charge in [0, 0.05) is 60.9 Å². The SMILES string of the molecule is CCN(CCN(CC)C(=O)Cn1nc(C(=O)C(C)C)c2ccc(OC)cc21)C(=O)Cn1nc(C(=O)C(C)C)c2ccc(OC)cc21. The molecular formula is C34H44N6O6. The Morgan fingerprint density at radius 2 is 1.04 bits per heavy atom. The van der Waals surface area contributed by atoms with Crippen molar-refractivity contribution in [3.05, 3.63) is 47.8 Å². The minimum absolute atomic E-state index is 0.0727. The Labute approximate surface area is 269 Å². The Morgan fingerprint density at radius 3 is 1.35 bits per heavy atom. The van der Waals surface area contributed by atoms with Gasteiger partial charge in [-0.05, 0) is 38.1 Å². The van der Waals surface area contributed by atoms with Crippen LogP contribution >= 0.6 is 0 Å². The van der Waals surface area contributed by atoms with E-state index in [-0.39, 0.29) is 48.3 Å². The van der Waals surface area contributed by atoms with Gasteiger partial charge in [-0.25, -0.2) is 0 Å². The summed E-state index contributed by atoms with van der Waals surface area (Å²) in [5.74, 6) is 0.102. The van der Waals surface area contributed by atoms with Gasteiger partial charge in [0.2, 0.25) is 11.8 Å². The van der Waals surface area contributed by atoms with Crippen LogP contribution in [0.3, 0.4) is 0 Å². The summed E-state index contributed by atoms with van der Waals surface area (Å²) in [6.45, 7) is 12.3. The fourth-order valence-corrected chi connectivity index (χ4v) is 5.33. The van der Waals surface area contributed by atoms with Crippen molar-refractivity contribution in [3.8, 4) is 11.5 Å². The first-order chi connectivity index (χ1) is 21.9. The highest BCUT2D eigenvalue weighted by molar-refractivity contribution is 6.08. The van der Waals surface area contributed by atoms with Crippen LogP contribution < -0.4 is 9.47 Å². The Kier molecular flexibility index (Phi) is 10.8. The van der Waals surface area contributed by atoms with E-state index in [0.717, 1.165) is 0 Å². The molecule has 0 aliphatic carbocycles. The lowest BCUT2D eigenvalue weighted by Crippen LogP contribution is -2.43. The van der Waals surface area contributed by atoms with E-state index >= 15 is 0 Å². The van der Waals surface area contributed by atoms with Crippen molar-refractivity contribution in [2.45, 2.75) is 54.6 Å². The average molecular weight is 633 g/mol. The Balaban J connectivity index is 1.51. The van der Waals surface area contributed by atoms with E-state index in [9.17, 15) is 19.2 Å². The van der Waals surface area contributed by atoms with Crippen LogP contribution in [-0.2, 0) is 22.7 Å². The summed E-state index contributed by atoms with van der Waals surface area (Å²) < 4.78 is 13.9. The maximum Gasteiger partial charge on any atom is 0.244 e. The smallest absolute Gasteiger partial charge is 0.244 e. The molecule has 4 rings (SSSR count). The van der Waals surface area contributed by atoms with Crippen LogP contribution in [0.1, 0.15) is 62.5 Å². The summed E-state index contributed by atoms with van der Waals surface area (Å²) in [7, 11) is 3.12. The number of hydrogen-bond acceptors (Lipinski definition) is 8. The van der Waals surface area contributed by atoms with Gasteiger partial charge < -0.3 is 19.3 Å². The molecule has 12 nitrogen and oxygen atoms in total. The van der Waals surface area contributed by atoms with E-state index in [4.69, 9.17) is 9.47 Å². The molecule has 12 heteroatoms. The van der Waals surface area contributed by atoms with Gasteiger partial charge in [-0.2, -0.15) is 10.2 Å². The Bertz CT molecular complexity index is 1630. The lowest BCUT2D eigenvalue weighted by Gasteiger charge is -2.26. The highest BCUT2D eigenvalue weighted by atomic mass is 16.5. The van der Waals surface area contributed by atoms with Gasteiger partial charge in [0.1, 0.15) is 36.0 Å². The molecule has 0 saturated carbocycles. The third kappa shape index (κ3) is 7.05. The first kappa shape index (κ1) is 34.1. The first-order valence-electron chi connectivity index (χ1n) is 15.7. The van der Waals surface area contributed by atoms with Crippen molar-refractivity contribution in [2.75, 3.05) is 40.4 Å². The molecule has 0 aliphatic heterocycles. The predicted molar refractivity (Wildman–Crippen MR) is 175 cm³/mol. The minimum atomic E-state index is -0.252. The normalized spacial score (nSPS) is 11.4. The molecule has 46 heavy (non-hydrogen) atoms. The van der Waals surface area contributed by atoms with Crippen molar-refractivity contribution < 1.29 is 28.7 Å². The zero-order valence-corrected chi connectivity index (χ0v) is 28.0. The number of ether oxygens (including phenoxy) is 2. The summed E-state index contributed by atoms with van der Waals surface area (Å²) in [5, 5.41) is 10.4. The zero-order chi connectivity index (χ0) is 33.7. The van der Waals surface area contributed by atoms with Crippen LogP contribution in [0.15, 0.2) is 36.4 Å². The number of carbonyl (C=O) groups excluding carboxylic acids is 4. The number of fused-ring (bicyclic) bond motifs is 2. The van der Waals surface area contributed by atoms with Gasteiger partial charge in [0.15, 0.2) is 11.6 Å². The van der Waals surface area contributed by atoms with Crippen LogP contribution in [0.5, 0.6) is 11.5 Å². The van der Waals surface area contributed by atoms with Crippen LogP contribution in [-0.4, -0.2) is 93.1 Å². The number of methoxy groups -OCH3 is 2. The molecule has 0 atom stereocenters. The summed E-state index contributed by atoms with van der Waals surface area (Å²) in [6.07, 6.45) is 0. The van der Waals surface area contributed by atoms with Crippen LogP contribution in [0.25, 0.3) is 21.8 Å². The second kappa shape index (κ2) is 14.6. The molecule has 0 bridgehead atoms. The average Bonchev–Trinajstić information content (AvgIpc) is 3.59. The van der Waals surface area contributed by atoms with Gasteiger partial charge in [-0.1, -0.05) is 27.7 Å². The Hall–Kier alpha value is -4.74. The molecule has 0 radical (unpaired) electrons. The number of nitrogens with zero attached hydrogens (tertiary/aromatic N) is 6. The number of hydrogen-bond donors (Lipinski definition) is 0. The molecule has 0 aliphatic rings. The molecule has 2 heterocycles. The number of rotatable bonds is 15. The number of ketones is 2. The van der Waals surface area contributed by atoms with Gasteiger partial charge in [-0.15, -0.1) is 0 Å². The lowest BCUT2D eigenvalue weighted by atomic mass is 10.0. The molecule has 0 N–H and O–H groups in total. The monoisotopic (exact) mass is 632 g/mol. The van der Waals surface area contributed by atoms with E-state index in [0.29, 0.717) is 70.9 Å². The van der Waals surface area contributed by atoms with Gasteiger partial charge >= 0.3 is 0 Å². The van der Waals surface area contributed by atoms with E-state index in [1.54, 1.807) is 69.8 Å². The third-order valence-electron chi connectivity index (χ3n) is 8.11. The molecule has 2 amide bonds.